The van der Waals surface area contributed by atoms with Crippen molar-refractivity contribution >= 4 is 17.3 Å². The van der Waals surface area contributed by atoms with Crippen LogP contribution in [0.15, 0.2) is 48.5 Å². The summed E-state index contributed by atoms with van der Waals surface area (Å²) in [6.07, 6.45) is 0. The summed E-state index contributed by atoms with van der Waals surface area (Å²) in [5, 5.41) is 0.789. The third-order valence-corrected chi connectivity index (χ3v) is 3.57. The van der Waals surface area contributed by atoms with E-state index in [0.29, 0.717) is 6.54 Å². The first kappa shape index (κ1) is 13.9. The van der Waals surface area contributed by atoms with Crippen LogP contribution in [0.4, 0.5) is 5.69 Å². The highest BCUT2D eigenvalue weighted by Crippen LogP contribution is 2.22. The van der Waals surface area contributed by atoms with Gasteiger partial charge >= 0.3 is 0 Å². The number of halogens is 1. The van der Waals surface area contributed by atoms with Crippen LogP contribution in [-0.2, 0) is 13.1 Å². The lowest BCUT2D eigenvalue weighted by molar-refractivity contribution is 0.831. The minimum atomic E-state index is 0.524. The molecule has 100 valence electrons. The molecule has 0 bridgehead atoms. The Morgan fingerprint density at radius 3 is 2.42 bits per heavy atom. The van der Waals surface area contributed by atoms with Crippen LogP contribution in [0, 0.1) is 0 Å². The molecule has 0 aliphatic carbocycles. The number of para-hydroxylation sites is 1. The Morgan fingerprint density at radius 1 is 1.11 bits per heavy atom. The maximum Gasteiger partial charge on any atom is 0.0459 e. The fourth-order valence-electron chi connectivity index (χ4n) is 2.08. The molecule has 0 atom stereocenters. The summed E-state index contributed by atoms with van der Waals surface area (Å²) >= 11 is 6.31. The maximum absolute atomic E-state index is 6.31. The van der Waals surface area contributed by atoms with E-state index in [1.807, 2.05) is 18.2 Å². The molecule has 0 unspecified atom stereocenters. The van der Waals surface area contributed by atoms with Crippen molar-refractivity contribution in [3.05, 3.63) is 64.7 Å². The highest BCUT2D eigenvalue weighted by molar-refractivity contribution is 6.31. The van der Waals surface area contributed by atoms with Gasteiger partial charge in [-0.05, 0) is 36.2 Å². The van der Waals surface area contributed by atoms with E-state index in [1.54, 1.807) is 0 Å². The van der Waals surface area contributed by atoms with Gasteiger partial charge in [-0.1, -0.05) is 41.9 Å². The summed E-state index contributed by atoms with van der Waals surface area (Å²) in [7, 11) is 0. The van der Waals surface area contributed by atoms with E-state index >= 15 is 0 Å². The molecule has 3 heteroatoms. The molecule has 2 aromatic carbocycles. The molecule has 0 amide bonds. The quantitative estimate of drug-likeness (QED) is 0.898. The third-order valence-electron chi connectivity index (χ3n) is 3.22. The zero-order valence-electron chi connectivity index (χ0n) is 11.1. The summed E-state index contributed by atoms with van der Waals surface area (Å²) in [6, 6.07) is 16.4. The van der Waals surface area contributed by atoms with E-state index in [0.717, 1.165) is 29.2 Å². The number of nitrogens with two attached hydrogens (primary N) is 1. The van der Waals surface area contributed by atoms with Gasteiger partial charge in [-0.2, -0.15) is 0 Å². The second-order valence-corrected chi connectivity index (χ2v) is 4.89. The summed E-state index contributed by atoms with van der Waals surface area (Å²) in [4.78, 5) is 2.29. The van der Waals surface area contributed by atoms with E-state index in [-0.39, 0.29) is 0 Å². The Hall–Kier alpha value is -1.51. The molecule has 0 saturated carbocycles. The van der Waals surface area contributed by atoms with Gasteiger partial charge in [0.15, 0.2) is 0 Å². The van der Waals surface area contributed by atoms with Gasteiger partial charge in [0.25, 0.3) is 0 Å². The number of rotatable bonds is 5. The molecule has 2 aromatic rings. The van der Waals surface area contributed by atoms with Crippen LogP contribution in [0.2, 0.25) is 5.02 Å². The second kappa shape index (κ2) is 6.60. The molecule has 19 heavy (non-hydrogen) atoms. The Morgan fingerprint density at radius 2 is 1.84 bits per heavy atom. The maximum atomic E-state index is 6.31. The largest absolute Gasteiger partial charge is 0.367 e. The van der Waals surface area contributed by atoms with Gasteiger partial charge in [0.1, 0.15) is 0 Å². The Balaban J connectivity index is 2.19. The normalized spacial score (nSPS) is 10.5. The van der Waals surface area contributed by atoms with E-state index < -0.39 is 0 Å². The summed E-state index contributed by atoms with van der Waals surface area (Å²) in [5.41, 5.74) is 9.03. The monoisotopic (exact) mass is 274 g/mol. The fraction of sp³-hybridized carbons (Fsp3) is 0.250. The van der Waals surface area contributed by atoms with Crippen molar-refractivity contribution < 1.29 is 0 Å². The van der Waals surface area contributed by atoms with Gasteiger partial charge in [0.05, 0.1) is 0 Å². The van der Waals surface area contributed by atoms with E-state index in [4.69, 9.17) is 17.3 Å². The van der Waals surface area contributed by atoms with E-state index in [9.17, 15) is 0 Å². The van der Waals surface area contributed by atoms with Crippen LogP contribution >= 0.6 is 11.6 Å². The van der Waals surface area contributed by atoms with Crippen molar-refractivity contribution in [2.75, 3.05) is 11.4 Å². The fourth-order valence-corrected chi connectivity index (χ4v) is 2.34. The van der Waals surface area contributed by atoms with Gasteiger partial charge in [-0.15, -0.1) is 0 Å². The van der Waals surface area contributed by atoms with Crippen LogP contribution < -0.4 is 10.6 Å². The average Bonchev–Trinajstić information content (AvgIpc) is 2.47. The van der Waals surface area contributed by atoms with Gasteiger partial charge < -0.3 is 10.6 Å². The van der Waals surface area contributed by atoms with E-state index in [2.05, 4.69) is 42.2 Å². The standard InChI is InChI=1S/C16H19ClN2/c1-2-19(15-6-4-3-5-7-15)12-14-9-8-13(11-18)10-16(14)17/h3-10H,2,11-12,18H2,1H3. The van der Waals surface area contributed by atoms with Crippen molar-refractivity contribution in [2.45, 2.75) is 20.0 Å². The van der Waals surface area contributed by atoms with Crippen LogP contribution in [0.5, 0.6) is 0 Å². The average molecular weight is 275 g/mol. The lowest BCUT2D eigenvalue weighted by Crippen LogP contribution is -2.22. The molecule has 0 aliphatic rings. The number of benzene rings is 2. The van der Waals surface area contributed by atoms with Crippen LogP contribution in [0.1, 0.15) is 18.1 Å². The molecule has 0 radical (unpaired) electrons. The molecule has 0 aliphatic heterocycles. The molecule has 2 nitrogen and oxygen atoms in total. The molecule has 2 N–H and O–H groups in total. The second-order valence-electron chi connectivity index (χ2n) is 4.48. The molecule has 2 rings (SSSR count). The first-order valence-corrected chi connectivity index (χ1v) is 6.89. The lowest BCUT2D eigenvalue weighted by atomic mass is 10.1. The van der Waals surface area contributed by atoms with E-state index in [1.165, 1.54) is 5.69 Å². The van der Waals surface area contributed by atoms with Gasteiger partial charge in [0, 0.05) is 30.3 Å². The smallest absolute Gasteiger partial charge is 0.0459 e. The number of anilines is 1. The molecule has 0 aromatic heterocycles. The molecule has 0 saturated heterocycles. The van der Waals surface area contributed by atoms with Crippen molar-refractivity contribution in [2.24, 2.45) is 5.73 Å². The molecular weight excluding hydrogens is 256 g/mol. The van der Waals surface area contributed by atoms with Crippen LogP contribution in [-0.4, -0.2) is 6.54 Å². The summed E-state index contributed by atoms with van der Waals surface area (Å²) < 4.78 is 0. The number of hydrogen-bond acceptors (Lipinski definition) is 2. The van der Waals surface area contributed by atoms with Gasteiger partial charge in [0.2, 0.25) is 0 Å². The topological polar surface area (TPSA) is 29.3 Å². The molecule has 0 heterocycles. The Labute approximate surface area is 119 Å². The Bertz CT molecular complexity index is 526. The van der Waals surface area contributed by atoms with Gasteiger partial charge in [-0.25, -0.2) is 0 Å². The lowest BCUT2D eigenvalue weighted by Gasteiger charge is -2.23. The van der Waals surface area contributed by atoms with Crippen molar-refractivity contribution in [1.82, 2.24) is 0 Å². The predicted molar refractivity (Wildman–Crippen MR) is 82.5 cm³/mol. The third kappa shape index (κ3) is 3.49. The zero-order chi connectivity index (χ0) is 13.7. The van der Waals surface area contributed by atoms with Crippen molar-refractivity contribution in [3.8, 4) is 0 Å². The predicted octanol–water partition coefficient (Wildman–Crippen LogP) is 3.83. The SMILES string of the molecule is CCN(Cc1ccc(CN)cc1Cl)c1ccccc1. The van der Waals surface area contributed by atoms with Crippen molar-refractivity contribution in [1.29, 1.82) is 0 Å². The minimum Gasteiger partial charge on any atom is -0.367 e. The molecule has 0 fully saturated rings. The van der Waals surface area contributed by atoms with Crippen molar-refractivity contribution in [3.63, 3.8) is 0 Å². The Kier molecular flexibility index (Phi) is 4.83. The van der Waals surface area contributed by atoms with Crippen LogP contribution in [0.3, 0.4) is 0 Å². The molecular formula is C16H19ClN2. The summed E-state index contributed by atoms with van der Waals surface area (Å²) in [5.74, 6) is 0. The highest BCUT2D eigenvalue weighted by Gasteiger charge is 2.08. The number of nitrogens with zero attached hydrogens (tertiary/aromatic N) is 1. The first-order valence-electron chi connectivity index (χ1n) is 6.52. The molecule has 0 spiro atoms. The summed E-state index contributed by atoms with van der Waals surface area (Å²) in [6.45, 7) is 4.43. The first-order chi connectivity index (χ1) is 9.24. The van der Waals surface area contributed by atoms with Gasteiger partial charge in [-0.3, -0.25) is 0 Å². The van der Waals surface area contributed by atoms with Crippen LogP contribution in [0.25, 0.3) is 0 Å². The highest BCUT2D eigenvalue weighted by atomic mass is 35.5. The number of hydrogen-bond donors (Lipinski definition) is 1. The zero-order valence-corrected chi connectivity index (χ0v) is 11.9. The minimum absolute atomic E-state index is 0.524.